The average Bonchev–Trinajstić information content (AvgIpc) is 2.46. The van der Waals surface area contributed by atoms with E-state index in [2.05, 4.69) is 26.1 Å². The summed E-state index contributed by atoms with van der Waals surface area (Å²) in [6.45, 7) is 6.93. The second kappa shape index (κ2) is 4.70. The van der Waals surface area contributed by atoms with E-state index in [0.29, 0.717) is 27.4 Å². The van der Waals surface area contributed by atoms with E-state index in [0.717, 1.165) is 12.1 Å². The van der Waals surface area contributed by atoms with Crippen molar-refractivity contribution in [2.24, 2.45) is 11.3 Å². The van der Waals surface area contributed by atoms with Gasteiger partial charge in [-0.1, -0.05) is 50.0 Å². The van der Waals surface area contributed by atoms with E-state index in [1.165, 1.54) is 6.42 Å². The summed E-state index contributed by atoms with van der Waals surface area (Å²) in [7, 11) is 0. The van der Waals surface area contributed by atoms with Gasteiger partial charge in [0.1, 0.15) is 0 Å². The number of hydrogen-bond acceptors (Lipinski definition) is 1. The summed E-state index contributed by atoms with van der Waals surface area (Å²) in [5, 5.41) is 4.93. The van der Waals surface area contributed by atoms with Crippen molar-refractivity contribution in [2.75, 3.05) is 5.32 Å². The smallest absolute Gasteiger partial charge is 0.0721 e. The van der Waals surface area contributed by atoms with Crippen LogP contribution < -0.4 is 5.32 Å². The van der Waals surface area contributed by atoms with Crippen molar-refractivity contribution in [1.82, 2.24) is 0 Å². The van der Waals surface area contributed by atoms with Gasteiger partial charge in [0.2, 0.25) is 0 Å². The number of hydrogen-bond donors (Lipinski definition) is 1. The van der Waals surface area contributed by atoms with Gasteiger partial charge >= 0.3 is 0 Å². The molecular formula is C14H19Cl2N. The molecule has 1 nitrogen and oxygen atoms in total. The summed E-state index contributed by atoms with van der Waals surface area (Å²) in [6.07, 6.45) is 2.41. The number of para-hydroxylation sites is 1. The van der Waals surface area contributed by atoms with Crippen LogP contribution in [0.4, 0.5) is 5.69 Å². The zero-order valence-corrected chi connectivity index (χ0v) is 12.1. The summed E-state index contributed by atoms with van der Waals surface area (Å²) >= 11 is 12.4. The monoisotopic (exact) mass is 271 g/mol. The highest BCUT2D eigenvalue weighted by Gasteiger charge is 2.36. The van der Waals surface area contributed by atoms with Crippen LogP contribution in [-0.2, 0) is 0 Å². The van der Waals surface area contributed by atoms with E-state index < -0.39 is 0 Å². The average molecular weight is 272 g/mol. The standard InChI is InChI=1S/C14H19Cl2N/c1-9-7-14(2,3)8-12(9)17-13-10(15)5-4-6-11(13)16/h4-6,9,12,17H,7-8H2,1-3H3. The van der Waals surface area contributed by atoms with Crippen molar-refractivity contribution in [1.29, 1.82) is 0 Å². The molecule has 1 fully saturated rings. The number of rotatable bonds is 2. The Bertz CT molecular complexity index is 394. The van der Waals surface area contributed by atoms with Gasteiger partial charge in [0.05, 0.1) is 15.7 Å². The van der Waals surface area contributed by atoms with Gasteiger partial charge in [0.15, 0.2) is 0 Å². The lowest BCUT2D eigenvalue weighted by atomic mass is 9.91. The Morgan fingerprint density at radius 3 is 2.24 bits per heavy atom. The molecule has 0 spiro atoms. The van der Waals surface area contributed by atoms with Crippen molar-refractivity contribution in [3.05, 3.63) is 28.2 Å². The first-order valence-corrected chi connectivity index (χ1v) is 6.85. The van der Waals surface area contributed by atoms with Gasteiger partial charge in [-0.05, 0) is 36.3 Å². The maximum Gasteiger partial charge on any atom is 0.0721 e. The van der Waals surface area contributed by atoms with Crippen LogP contribution in [0, 0.1) is 11.3 Å². The third-order valence-electron chi connectivity index (χ3n) is 3.63. The molecule has 0 radical (unpaired) electrons. The van der Waals surface area contributed by atoms with Crippen LogP contribution in [0.2, 0.25) is 10.0 Å². The molecule has 1 N–H and O–H groups in total. The second-order valence-electron chi connectivity index (χ2n) is 5.90. The predicted molar refractivity (Wildman–Crippen MR) is 76.1 cm³/mol. The molecule has 1 aromatic carbocycles. The first kappa shape index (κ1) is 13.0. The fraction of sp³-hybridized carbons (Fsp3) is 0.571. The van der Waals surface area contributed by atoms with Gasteiger partial charge in [-0.15, -0.1) is 0 Å². The quantitative estimate of drug-likeness (QED) is 0.777. The Labute approximate surface area is 114 Å². The Balaban J connectivity index is 2.17. The van der Waals surface area contributed by atoms with Gasteiger partial charge in [0, 0.05) is 6.04 Å². The molecule has 17 heavy (non-hydrogen) atoms. The van der Waals surface area contributed by atoms with Crippen LogP contribution in [0.15, 0.2) is 18.2 Å². The second-order valence-corrected chi connectivity index (χ2v) is 6.71. The van der Waals surface area contributed by atoms with Crippen LogP contribution in [-0.4, -0.2) is 6.04 Å². The third kappa shape index (κ3) is 2.89. The maximum atomic E-state index is 6.18. The summed E-state index contributed by atoms with van der Waals surface area (Å²) in [4.78, 5) is 0. The zero-order chi connectivity index (χ0) is 12.6. The number of anilines is 1. The molecule has 0 aromatic heterocycles. The van der Waals surface area contributed by atoms with E-state index in [-0.39, 0.29) is 0 Å². The van der Waals surface area contributed by atoms with E-state index in [4.69, 9.17) is 23.2 Å². The molecule has 2 unspecified atom stereocenters. The number of benzene rings is 1. The highest BCUT2D eigenvalue weighted by molar-refractivity contribution is 6.39. The zero-order valence-electron chi connectivity index (χ0n) is 10.6. The summed E-state index contributed by atoms with van der Waals surface area (Å²) < 4.78 is 0. The van der Waals surface area contributed by atoms with Crippen molar-refractivity contribution >= 4 is 28.9 Å². The minimum atomic E-state index is 0.408. The van der Waals surface area contributed by atoms with Crippen molar-refractivity contribution in [3.8, 4) is 0 Å². The van der Waals surface area contributed by atoms with E-state index >= 15 is 0 Å². The molecule has 0 saturated heterocycles. The molecule has 1 saturated carbocycles. The van der Waals surface area contributed by atoms with Gasteiger partial charge in [-0.2, -0.15) is 0 Å². The summed E-state index contributed by atoms with van der Waals surface area (Å²) in [6, 6.07) is 6.08. The number of halogens is 2. The summed E-state index contributed by atoms with van der Waals surface area (Å²) in [5.74, 6) is 0.650. The van der Waals surface area contributed by atoms with Crippen LogP contribution in [0.5, 0.6) is 0 Å². The van der Waals surface area contributed by atoms with Crippen molar-refractivity contribution in [3.63, 3.8) is 0 Å². The van der Waals surface area contributed by atoms with Crippen LogP contribution in [0.3, 0.4) is 0 Å². The van der Waals surface area contributed by atoms with Gasteiger partial charge < -0.3 is 5.32 Å². The fourth-order valence-electron chi connectivity index (χ4n) is 2.91. The predicted octanol–water partition coefficient (Wildman–Crippen LogP) is 5.23. The normalized spacial score (nSPS) is 27.1. The maximum absolute atomic E-state index is 6.18. The highest BCUT2D eigenvalue weighted by atomic mass is 35.5. The topological polar surface area (TPSA) is 12.0 Å². The molecular weight excluding hydrogens is 253 g/mol. The molecule has 1 aliphatic carbocycles. The molecule has 0 aliphatic heterocycles. The molecule has 2 atom stereocenters. The SMILES string of the molecule is CC1CC(C)(C)CC1Nc1c(Cl)cccc1Cl. The highest BCUT2D eigenvalue weighted by Crippen LogP contribution is 2.43. The molecule has 1 aliphatic rings. The Morgan fingerprint density at radius 2 is 1.76 bits per heavy atom. The van der Waals surface area contributed by atoms with E-state index in [1.807, 2.05) is 18.2 Å². The lowest BCUT2D eigenvalue weighted by Crippen LogP contribution is -2.22. The van der Waals surface area contributed by atoms with Gasteiger partial charge in [0.25, 0.3) is 0 Å². The molecule has 0 heterocycles. The molecule has 0 amide bonds. The Morgan fingerprint density at radius 1 is 1.18 bits per heavy atom. The fourth-order valence-corrected chi connectivity index (χ4v) is 3.41. The Kier molecular flexibility index (Phi) is 3.61. The summed E-state index contributed by atoms with van der Waals surface area (Å²) in [5.41, 5.74) is 1.29. The van der Waals surface area contributed by atoms with Crippen LogP contribution in [0.25, 0.3) is 0 Å². The van der Waals surface area contributed by atoms with Crippen molar-refractivity contribution < 1.29 is 0 Å². The van der Waals surface area contributed by atoms with Gasteiger partial charge in [-0.3, -0.25) is 0 Å². The van der Waals surface area contributed by atoms with Crippen molar-refractivity contribution in [2.45, 2.75) is 39.7 Å². The largest absolute Gasteiger partial charge is 0.380 e. The van der Waals surface area contributed by atoms with Crippen LogP contribution in [0.1, 0.15) is 33.6 Å². The van der Waals surface area contributed by atoms with Gasteiger partial charge in [-0.25, -0.2) is 0 Å². The Hall–Kier alpha value is -0.400. The molecule has 3 heteroatoms. The van der Waals surface area contributed by atoms with Crippen LogP contribution >= 0.6 is 23.2 Å². The molecule has 94 valence electrons. The minimum absolute atomic E-state index is 0.408. The molecule has 1 aromatic rings. The first-order valence-electron chi connectivity index (χ1n) is 6.09. The lowest BCUT2D eigenvalue weighted by molar-refractivity contribution is 0.366. The number of nitrogens with one attached hydrogen (secondary N) is 1. The molecule has 0 bridgehead atoms. The van der Waals surface area contributed by atoms with E-state index in [9.17, 15) is 0 Å². The lowest BCUT2D eigenvalue weighted by Gasteiger charge is -2.21. The van der Waals surface area contributed by atoms with E-state index in [1.54, 1.807) is 0 Å². The first-order chi connectivity index (χ1) is 7.89. The minimum Gasteiger partial charge on any atom is -0.380 e. The molecule has 2 rings (SSSR count). The third-order valence-corrected chi connectivity index (χ3v) is 4.26.